The largest absolute Gasteiger partial charge is 0.341 e. The van der Waals surface area contributed by atoms with Gasteiger partial charge in [-0.3, -0.25) is 0 Å². The molecule has 1 fully saturated rings. The maximum absolute atomic E-state index is 13.7. The van der Waals surface area contributed by atoms with Gasteiger partial charge < -0.3 is 10.3 Å². The highest BCUT2D eigenvalue weighted by Crippen LogP contribution is 2.25. The molecule has 1 aliphatic heterocycles. The van der Waals surface area contributed by atoms with E-state index in [-0.39, 0.29) is 6.04 Å². The molecular weight excluding hydrogens is 248 g/mol. The number of rotatable bonds is 2. The highest BCUT2D eigenvalue weighted by atomic mass is 19.1. The first kappa shape index (κ1) is 12.3. The molecule has 100 valence electrons. The van der Waals surface area contributed by atoms with Gasteiger partial charge in [0.1, 0.15) is 17.5 Å². The van der Waals surface area contributed by atoms with Crippen molar-refractivity contribution in [2.75, 3.05) is 6.54 Å². The molecule has 1 saturated heterocycles. The van der Waals surface area contributed by atoms with Crippen LogP contribution in [0.3, 0.4) is 0 Å². The Labute approximate surface area is 110 Å². The monoisotopic (exact) mass is 263 g/mol. The van der Waals surface area contributed by atoms with E-state index in [4.69, 9.17) is 0 Å². The first-order valence-electron chi connectivity index (χ1n) is 6.48. The summed E-state index contributed by atoms with van der Waals surface area (Å²) in [6.45, 7) is 0.978. The third-order valence-corrected chi connectivity index (χ3v) is 3.46. The number of aromatic amines is 1. The van der Waals surface area contributed by atoms with E-state index in [9.17, 15) is 8.78 Å². The molecule has 3 nitrogen and oxygen atoms in total. The summed E-state index contributed by atoms with van der Waals surface area (Å²) in [6.07, 6.45) is 4.97. The predicted octanol–water partition coefficient (Wildman–Crippen LogP) is 3.17. The number of benzene rings is 1. The van der Waals surface area contributed by atoms with Crippen molar-refractivity contribution in [3.8, 4) is 11.3 Å². The van der Waals surface area contributed by atoms with Crippen molar-refractivity contribution >= 4 is 0 Å². The first-order chi connectivity index (χ1) is 9.24. The zero-order valence-electron chi connectivity index (χ0n) is 10.4. The smallest absolute Gasteiger partial charge is 0.135 e. The number of nitrogens with zero attached hydrogens (tertiary/aromatic N) is 1. The van der Waals surface area contributed by atoms with Crippen molar-refractivity contribution in [1.82, 2.24) is 15.3 Å². The lowest BCUT2D eigenvalue weighted by Crippen LogP contribution is -2.27. The van der Waals surface area contributed by atoms with Gasteiger partial charge in [-0.25, -0.2) is 13.8 Å². The third-order valence-electron chi connectivity index (χ3n) is 3.46. The molecule has 0 radical (unpaired) electrons. The molecule has 0 amide bonds. The number of imidazole rings is 1. The Morgan fingerprint density at radius 1 is 1.21 bits per heavy atom. The Morgan fingerprint density at radius 2 is 2.11 bits per heavy atom. The molecule has 3 rings (SSSR count). The van der Waals surface area contributed by atoms with E-state index < -0.39 is 11.6 Å². The van der Waals surface area contributed by atoms with Gasteiger partial charge in [0.2, 0.25) is 0 Å². The van der Waals surface area contributed by atoms with E-state index in [2.05, 4.69) is 15.3 Å². The second-order valence-electron chi connectivity index (χ2n) is 4.81. The average molecular weight is 263 g/mol. The molecular formula is C14H15F2N3. The Morgan fingerprint density at radius 3 is 2.84 bits per heavy atom. The molecule has 1 atom stereocenters. The molecule has 2 N–H and O–H groups in total. The number of hydrogen-bond acceptors (Lipinski definition) is 2. The summed E-state index contributed by atoms with van der Waals surface area (Å²) in [5.74, 6) is -0.333. The van der Waals surface area contributed by atoms with Gasteiger partial charge >= 0.3 is 0 Å². The summed E-state index contributed by atoms with van der Waals surface area (Å²) >= 11 is 0. The van der Waals surface area contributed by atoms with Crippen LogP contribution in [0, 0.1) is 11.6 Å². The number of H-pyrrole nitrogens is 1. The van der Waals surface area contributed by atoms with Crippen molar-refractivity contribution < 1.29 is 8.78 Å². The lowest BCUT2D eigenvalue weighted by atomic mass is 10.0. The Balaban J connectivity index is 1.87. The Hall–Kier alpha value is -1.75. The SMILES string of the molecule is Fc1ccc(-c2cnc(C3CCCCN3)[nH]2)c(F)c1. The van der Waals surface area contributed by atoms with Crippen LogP contribution in [-0.2, 0) is 0 Å². The van der Waals surface area contributed by atoms with Gasteiger partial charge in [0.25, 0.3) is 0 Å². The summed E-state index contributed by atoms with van der Waals surface area (Å²) in [7, 11) is 0. The van der Waals surface area contributed by atoms with Gasteiger partial charge in [0.15, 0.2) is 0 Å². The minimum absolute atomic E-state index is 0.200. The van der Waals surface area contributed by atoms with Crippen molar-refractivity contribution in [2.45, 2.75) is 25.3 Å². The molecule has 0 spiro atoms. The van der Waals surface area contributed by atoms with Crippen LogP contribution < -0.4 is 5.32 Å². The molecule has 1 unspecified atom stereocenters. The van der Waals surface area contributed by atoms with Crippen LogP contribution in [0.25, 0.3) is 11.3 Å². The minimum atomic E-state index is -0.577. The average Bonchev–Trinajstić information content (AvgIpc) is 2.89. The molecule has 2 aromatic rings. The highest BCUT2D eigenvalue weighted by Gasteiger charge is 2.18. The van der Waals surface area contributed by atoms with Crippen LogP contribution in [-0.4, -0.2) is 16.5 Å². The van der Waals surface area contributed by atoms with Crippen LogP contribution in [0.1, 0.15) is 31.1 Å². The van der Waals surface area contributed by atoms with Crippen LogP contribution in [0.15, 0.2) is 24.4 Å². The quantitative estimate of drug-likeness (QED) is 0.873. The number of aromatic nitrogens is 2. The number of nitrogens with one attached hydrogen (secondary N) is 2. The topological polar surface area (TPSA) is 40.7 Å². The van der Waals surface area contributed by atoms with E-state index in [1.807, 2.05) is 0 Å². The molecule has 1 aromatic heterocycles. The Kier molecular flexibility index (Phi) is 3.29. The standard InChI is InChI=1S/C14H15F2N3/c15-9-4-5-10(11(16)7-9)13-8-18-14(19-13)12-3-1-2-6-17-12/h4-5,7-8,12,17H,1-3,6H2,(H,18,19). The molecule has 19 heavy (non-hydrogen) atoms. The fourth-order valence-electron chi connectivity index (χ4n) is 2.44. The maximum Gasteiger partial charge on any atom is 0.135 e. The number of halogens is 2. The zero-order chi connectivity index (χ0) is 13.2. The molecule has 0 aliphatic carbocycles. The zero-order valence-corrected chi connectivity index (χ0v) is 10.4. The lowest BCUT2D eigenvalue weighted by Gasteiger charge is -2.21. The third kappa shape index (κ3) is 2.51. The van der Waals surface area contributed by atoms with Gasteiger partial charge in [-0.05, 0) is 31.5 Å². The van der Waals surface area contributed by atoms with E-state index in [0.717, 1.165) is 24.9 Å². The predicted molar refractivity (Wildman–Crippen MR) is 68.5 cm³/mol. The van der Waals surface area contributed by atoms with Crippen molar-refractivity contribution in [1.29, 1.82) is 0 Å². The number of piperidine rings is 1. The summed E-state index contributed by atoms with van der Waals surface area (Å²) in [4.78, 5) is 7.42. The summed E-state index contributed by atoms with van der Waals surface area (Å²) in [5, 5.41) is 3.38. The highest BCUT2D eigenvalue weighted by molar-refractivity contribution is 5.59. The molecule has 2 heterocycles. The summed E-state index contributed by atoms with van der Waals surface area (Å²) in [6, 6.07) is 3.76. The second kappa shape index (κ2) is 5.09. The van der Waals surface area contributed by atoms with Gasteiger partial charge in [0, 0.05) is 11.6 Å². The fourth-order valence-corrected chi connectivity index (χ4v) is 2.44. The molecule has 1 aliphatic rings. The van der Waals surface area contributed by atoms with Crippen molar-refractivity contribution in [2.24, 2.45) is 0 Å². The van der Waals surface area contributed by atoms with E-state index in [1.54, 1.807) is 6.20 Å². The molecule has 5 heteroatoms. The van der Waals surface area contributed by atoms with Crippen molar-refractivity contribution in [3.05, 3.63) is 41.9 Å². The fraction of sp³-hybridized carbons (Fsp3) is 0.357. The second-order valence-corrected chi connectivity index (χ2v) is 4.81. The first-order valence-corrected chi connectivity index (χ1v) is 6.48. The van der Waals surface area contributed by atoms with Crippen molar-refractivity contribution in [3.63, 3.8) is 0 Å². The van der Waals surface area contributed by atoms with Gasteiger partial charge in [0.05, 0.1) is 17.9 Å². The van der Waals surface area contributed by atoms with Gasteiger partial charge in [-0.2, -0.15) is 0 Å². The molecule has 0 bridgehead atoms. The van der Waals surface area contributed by atoms with Crippen LogP contribution in [0.4, 0.5) is 8.78 Å². The minimum Gasteiger partial charge on any atom is -0.341 e. The molecule has 1 aromatic carbocycles. The van der Waals surface area contributed by atoms with Crippen LogP contribution in [0.5, 0.6) is 0 Å². The number of hydrogen-bond donors (Lipinski definition) is 2. The Bertz CT molecular complexity index is 574. The summed E-state index contributed by atoms with van der Waals surface area (Å²) < 4.78 is 26.6. The normalized spacial score (nSPS) is 19.6. The van der Waals surface area contributed by atoms with Gasteiger partial charge in [-0.1, -0.05) is 6.42 Å². The van der Waals surface area contributed by atoms with Crippen LogP contribution in [0.2, 0.25) is 0 Å². The maximum atomic E-state index is 13.7. The lowest BCUT2D eigenvalue weighted by molar-refractivity contribution is 0.399. The van der Waals surface area contributed by atoms with E-state index in [0.29, 0.717) is 11.3 Å². The van der Waals surface area contributed by atoms with E-state index >= 15 is 0 Å². The van der Waals surface area contributed by atoms with Crippen LogP contribution >= 0.6 is 0 Å². The van der Waals surface area contributed by atoms with E-state index in [1.165, 1.54) is 25.0 Å². The van der Waals surface area contributed by atoms with Gasteiger partial charge in [-0.15, -0.1) is 0 Å². The molecule has 0 saturated carbocycles. The summed E-state index contributed by atoms with van der Waals surface area (Å²) in [5.41, 5.74) is 0.927.